The van der Waals surface area contributed by atoms with Crippen molar-refractivity contribution in [2.75, 3.05) is 19.5 Å². The number of nitrogens with one attached hydrogen (secondary N) is 1. The first-order valence-electron chi connectivity index (χ1n) is 16.6. The number of nitrogens with zero attached hydrogens (tertiary/aromatic N) is 2. The first-order chi connectivity index (χ1) is 25.7. The predicted molar refractivity (Wildman–Crippen MR) is 191 cm³/mol. The molecule has 4 aromatic rings. The summed E-state index contributed by atoms with van der Waals surface area (Å²) in [4.78, 5) is 63.9. The molecule has 53 heavy (non-hydrogen) atoms. The van der Waals surface area contributed by atoms with Crippen LogP contribution >= 0.6 is 11.8 Å². The van der Waals surface area contributed by atoms with E-state index in [1.807, 2.05) is 30.3 Å². The summed E-state index contributed by atoms with van der Waals surface area (Å²) in [5.74, 6) is 0.0644. The van der Waals surface area contributed by atoms with Crippen LogP contribution in [0, 0.1) is 16.0 Å². The average Bonchev–Trinajstić information content (AvgIpc) is 3.18. The number of methoxy groups -OCH3 is 1. The highest BCUT2D eigenvalue weighted by Gasteiger charge is 2.58. The molecule has 2 aliphatic rings. The molecule has 4 aromatic carbocycles. The van der Waals surface area contributed by atoms with Crippen molar-refractivity contribution in [2.45, 2.75) is 37.1 Å². The molecule has 2 fully saturated rings. The number of amides is 2. The maximum absolute atomic E-state index is 13.7. The van der Waals surface area contributed by atoms with Crippen LogP contribution < -0.4 is 19.5 Å². The third-order valence-electron chi connectivity index (χ3n) is 8.61. The number of benzene rings is 4. The van der Waals surface area contributed by atoms with Crippen LogP contribution in [-0.4, -0.2) is 70.7 Å². The fourth-order valence-electron chi connectivity index (χ4n) is 5.83. The van der Waals surface area contributed by atoms with E-state index in [-0.39, 0.29) is 49.5 Å². The van der Waals surface area contributed by atoms with Gasteiger partial charge in [-0.15, -0.1) is 11.8 Å². The van der Waals surface area contributed by atoms with E-state index < -0.39 is 40.4 Å². The zero-order valence-corrected chi connectivity index (χ0v) is 29.3. The van der Waals surface area contributed by atoms with Gasteiger partial charge in [-0.3, -0.25) is 19.7 Å². The molecule has 2 aliphatic heterocycles. The van der Waals surface area contributed by atoms with Crippen molar-refractivity contribution < 1.29 is 47.8 Å². The Morgan fingerprint density at radius 3 is 2.09 bits per heavy atom. The van der Waals surface area contributed by atoms with E-state index in [1.165, 1.54) is 40.9 Å². The molecule has 0 saturated carbocycles. The number of non-ortho nitro benzene ring substituents is 1. The monoisotopic (exact) mass is 741 g/mol. The second-order valence-corrected chi connectivity index (χ2v) is 13.3. The second kappa shape index (κ2) is 17.0. The van der Waals surface area contributed by atoms with Crippen molar-refractivity contribution in [2.24, 2.45) is 5.92 Å². The maximum Gasteiger partial charge on any atom is 0.514 e. The molecule has 0 aromatic heterocycles. The topological polar surface area (TPSA) is 173 Å². The molecule has 0 radical (unpaired) electrons. The van der Waals surface area contributed by atoms with Gasteiger partial charge in [0.05, 0.1) is 25.1 Å². The zero-order valence-electron chi connectivity index (χ0n) is 28.5. The van der Waals surface area contributed by atoms with Gasteiger partial charge >= 0.3 is 12.1 Å². The number of nitro benzene ring substituents is 1. The summed E-state index contributed by atoms with van der Waals surface area (Å²) in [6.45, 7) is -0.0157. The van der Waals surface area contributed by atoms with Crippen LogP contribution in [-0.2, 0) is 43.5 Å². The largest absolute Gasteiger partial charge is 0.514 e. The van der Waals surface area contributed by atoms with E-state index in [9.17, 15) is 29.3 Å². The molecular weight excluding hydrogens is 706 g/mol. The van der Waals surface area contributed by atoms with Gasteiger partial charge in [-0.1, -0.05) is 54.6 Å². The molecule has 2 amide bonds. The van der Waals surface area contributed by atoms with Crippen LogP contribution in [0.25, 0.3) is 0 Å². The molecule has 2 saturated heterocycles. The highest BCUT2D eigenvalue weighted by atomic mass is 32.2. The van der Waals surface area contributed by atoms with Gasteiger partial charge in [-0.25, -0.2) is 9.59 Å². The summed E-state index contributed by atoms with van der Waals surface area (Å²) < 4.78 is 27.2. The van der Waals surface area contributed by atoms with Gasteiger partial charge in [-0.05, 0) is 53.1 Å². The Labute approximate surface area is 308 Å². The molecule has 0 bridgehead atoms. The number of hydrogen-bond donors (Lipinski definition) is 1. The van der Waals surface area contributed by atoms with E-state index in [2.05, 4.69) is 5.32 Å². The quantitative estimate of drug-likeness (QED) is 0.0599. The number of esters is 1. The number of thioether (sulfide) groups is 1. The summed E-state index contributed by atoms with van der Waals surface area (Å²) in [7, 11) is 1.56. The van der Waals surface area contributed by atoms with Crippen molar-refractivity contribution in [3.05, 3.63) is 130 Å². The number of β-lactam (4-membered cyclic amide) rings is 1. The van der Waals surface area contributed by atoms with Crippen LogP contribution in [0.4, 0.5) is 10.5 Å². The molecule has 2 heterocycles. The number of hydrogen-bond acceptors (Lipinski definition) is 12. The molecule has 0 aliphatic carbocycles. The van der Waals surface area contributed by atoms with Crippen LogP contribution in [0.15, 0.2) is 103 Å². The van der Waals surface area contributed by atoms with Gasteiger partial charge in [0.25, 0.3) is 5.69 Å². The second-order valence-electron chi connectivity index (χ2n) is 12.2. The number of carbonyl (C=O) groups excluding carboxylic acids is 4. The number of carbonyl (C=O) groups is 4. The Balaban J connectivity index is 1.05. The lowest BCUT2D eigenvalue weighted by molar-refractivity contribution is -0.384. The minimum atomic E-state index is -0.976. The first-order valence-corrected chi connectivity index (χ1v) is 17.6. The van der Waals surface area contributed by atoms with Gasteiger partial charge < -0.3 is 33.9 Å². The van der Waals surface area contributed by atoms with Crippen LogP contribution in [0.2, 0.25) is 0 Å². The minimum Gasteiger partial charge on any atom is -0.497 e. The molecule has 4 unspecified atom stereocenters. The Morgan fingerprint density at radius 1 is 0.830 bits per heavy atom. The van der Waals surface area contributed by atoms with E-state index in [1.54, 1.807) is 55.6 Å². The lowest BCUT2D eigenvalue weighted by atomic mass is 9.93. The number of fused-ring (bicyclic) bond motifs is 1. The molecule has 274 valence electrons. The molecular formula is C38H35N3O11S. The minimum absolute atomic E-state index is 0.00502. The Kier molecular flexibility index (Phi) is 11.7. The Hall–Kier alpha value is -6.09. The smallest absolute Gasteiger partial charge is 0.497 e. The molecule has 0 spiro atoms. The lowest BCUT2D eigenvalue weighted by Gasteiger charge is -2.54. The van der Waals surface area contributed by atoms with E-state index >= 15 is 0 Å². The third-order valence-corrected chi connectivity index (χ3v) is 10.1. The summed E-state index contributed by atoms with van der Waals surface area (Å²) in [5, 5.41) is 13.2. The van der Waals surface area contributed by atoms with Crippen LogP contribution in [0.1, 0.15) is 16.7 Å². The summed E-state index contributed by atoms with van der Waals surface area (Å²) in [6, 6.07) is 26.4. The number of ether oxygens (including phenoxy) is 5. The highest BCUT2D eigenvalue weighted by Crippen LogP contribution is 2.41. The van der Waals surface area contributed by atoms with Gasteiger partial charge in [0.2, 0.25) is 11.8 Å². The highest BCUT2D eigenvalue weighted by molar-refractivity contribution is 8.00. The van der Waals surface area contributed by atoms with E-state index in [0.29, 0.717) is 22.8 Å². The standard InChI is InChI=1S/C38H35N3O11S/c1-48-29-13-7-25(8-14-29)20-50-37(44)34-27(23-53-36-33(35(43)40(34)36)39-32(42)19-24-5-3-2-4-6-24)22-49-30-15-9-26(10-16-30)21-51-38(45)52-31-17-11-28(12-18-31)41(46)47/h2-18,27,33-34,36H,19-23H2,1H3,(H,39,42). The van der Waals surface area contributed by atoms with Crippen LogP contribution in [0.3, 0.4) is 0 Å². The van der Waals surface area contributed by atoms with Crippen molar-refractivity contribution >= 4 is 41.4 Å². The fourth-order valence-corrected chi connectivity index (χ4v) is 7.33. The van der Waals surface area contributed by atoms with Crippen molar-refractivity contribution in [1.82, 2.24) is 10.2 Å². The normalized spacial score (nSPS) is 18.8. The van der Waals surface area contributed by atoms with Gasteiger partial charge in [-0.2, -0.15) is 0 Å². The third kappa shape index (κ3) is 9.23. The van der Waals surface area contributed by atoms with Crippen molar-refractivity contribution in [1.29, 1.82) is 0 Å². The molecule has 6 rings (SSSR count). The van der Waals surface area contributed by atoms with Crippen LogP contribution in [0.5, 0.6) is 17.2 Å². The Morgan fingerprint density at radius 2 is 1.45 bits per heavy atom. The summed E-state index contributed by atoms with van der Waals surface area (Å²) >= 11 is 1.47. The number of nitro groups is 1. The van der Waals surface area contributed by atoms with Gasteiger partial charge in [0, 0.05) is 23.8 Å². The molecule has 4 atom stereocenters. The van der Waals surface area contributed by atoms with Crippen molar-refractivity contribution in [3.8, 4) is 17.2 Å². The molecule has 1 N–H and O–H groups in total. The van der Waals surface area contributed by atoms with E-state index in [4.69, 9.17) is 23.7 Å². The van der Waals surface area contributed by atoms with Gasteiger partial charge in [0.15, 0.2) is 0 Å². The Bertz CT molecular complexity index is 1930. The fraction of sp³-hybridized carbons (Fsp3) is 0.263. The first kappa shape index (κ1) is 36.7. The van der Waals surface area contributed by atoms with Gasteiger partial charge in [0.1, 0.15) is 47.9 Å². The summed E-state index contributed by atoms with van der Waals surface area (Å²) in [6.07, 6.45) is -0.848. The maximum atomic E-state index is 13.7. The van der Waals surface area contributed by atoms with E-state index in [0.717, 1.165) is 11.1 Å². The SMILES string of the molecule is COc1ccc(COC(=O)C2C(COc3ccc(COC(=O)Oc4ccc([N+](=O)[O-])cc4)cc3)CSC3C(NC(=O)Cc4ccccc4)C(=O)N32)cc1. The molecule has 14 nitrogen and oxygen atoms in total. The average molecular weight is 742 g/mol. The zero-order chi connectivity index (χ0) is 37.3. The lowest BCUT2D eigenvalue weighted by Crippen LogP contribution is -2.76. The number of rotatable bonds is 14. The summed E-state index contributed by atoms with van der Waals surface area (Å²) in [5.41, 5.74) is 2.08. The molecule has 15 heteroatoms. The predicted octanol–water partition coefficient (Wildman–Crippen LogP) is 5.07. The van der Waals surface area contributed by atoms with Crippen molar-refractivity contribution in [3.63, 3.8) is 0 Å².